The summed E-state index contributed by atoms with van der Waals surface area (Å²) in [5, 5.41) is 14.1. The van der Waals surface area contributed by atoms with Crippen molar-refractivity contribution in [1.29, 1.82) is 0 Å². The van der Waals surface area contributed by atoms with Crippen LogP contribution in [0.4, 0.5) is 0 Å². The molecule has 2 rings (SSSR count). The summed E-state index contributed by atoms with van der Waals surface area (Å²) < 4.78 is 0. The Morgan fingerprint density at radius 1 is 1.22 bits per heavy atom. The fourth-order valence-electron chi connectivity index (χ4n) is 2.94. The molecule has 2 heteroatoms. The van der Waals surface area contributed by atoms with Gasteiger partial charge >= 0.3 is 0 Å². The summed E-state index contributed by atoms with van der Waals surface area (Å²) in [5.41, 5.74) is 1.86. The second-order valence-electron chi connectivity index (χ2n) is 5.54. The summed E-state index contributed by atoms with van der Waals surface area (Å²) in [7, 11) is 2.01. The van der Waals surface area contributed by atoms with Crippen LogP contribution in [0.3, 0.4) is 0 Å². The number of aliphatic hydroxyl groups is 1. The average molecular weight is 247 g/mol. The van der Waals surface area contributed by atoms with Gasteiger partial charge in [-0.15, -0.1) is 0 Å². The van der Waals surface area contributed by atoms with E-state index in [0.717, 1.165) is 37.7 Å². The lowest BCUT2D eigenvalue weighted by Gasteiger charge is -2.36. The number of nitrogens with one attached hydrogen (secondary N) is 1. The molecule has 1 aromatic rings. The number of rotatable bonds is 4. The van der Waals surface area contributed by atoms with Crippen molar-refractivity contribution in [2.45, 2.75) is 57.1 Å². The molecule has 2 nitrogen and oxygen atoms in total. The van der Waals surface area contributed by atoms with E-state index in [1.807, 2.05) is 7.05 Å². The maximum absolute atomic E-state index is 10.7. The zero-order chi connectivity index (χ0) is 13.0. The van der Waals surface area contributed by atoms with Crippen LogP contribution in [0.25, 0.3) is 0 Å². The Bertz CT molecular complexity index is 363. The van der Waals surface area contributed by atoms with Crippen molar-refractivity contribution in [3.05, 3.63) is 35.4 Å². The fourth-order valence-corrected chi connectivity index (χ4v) is 2.94. The number of hydrogen-bond acceptors (Lipinski definition) is 2. The maximum Gasteiger partial charge on any atom is 0.0897 e. The molecule has 0 aliphatic heterocycles. The predicted octanol–water partition coefficient (Wildman–Crippen LogP) is 2.99. The van der Waals surface area contributed by atoms with Crippen LogP contribution in [-0.2, 0) is 12.0 Å². The first-order valence-electron chi connectivity index (χ1n) is 7.17. The molecule has 0 saturated heterocycles. The molecular weight excluding hydrogens is 222 g/mol. The van der Waals surface area contributed by atoms with Gasteiger partial charge in [0.25, 0.3) is 0 Å². The largest absolute Gasteiger partial charge is 0.385 e. The minimum atomic E-state index is -0.599. The number of hydrogen-bond donors (Lipinski definition) is 2. The quantitative estimate of drug-likeness (QED) is 0.857. The van der Waals surface area contributed by atoms with Gasteiger partial charge < -0.3 is 10.4 Å². The van der Waals surface area contributed by atoms with E-state index >= 15 is 0 Å². The Labute approximate surface area is 110 Å². The summed E-state index contributed by atoms with van der Waals surface area (Å²) in [6.45, 7) is 2.19. The van der Waals surface area contributed by atoms with Crippen molar-refractivity contribution in [3.8, 4) is 0 Å². The van der Waals surface area contributed by atoms with E-state index in [1.165, 1.54) is 12.0 Å². The predicted molar refractivity (Wildman–Crippen MR) is 75.6 cm³/mol. The van der Waals surface area contributed by atoms with E-state index < -0.39 is 5.60 Å². The van der Waals surface area contributed by atoms with Gasteiger partial charge in [-0.1, -0.05) is 37.6 Å². The first kappa shape index (κ1) is 13.6. The van der Waals surface area contributed by atoms with E-state index in [-0.39, 0.29) is 0 Å². The molecule has 18 heavy (non-hydrogen) atoms. The highest BCUT2D eigenvalue weighted by Crippen LogP contribution is 2.37. The van der Waals surface area contributed by atoms with E-state index in [1.54, 1.807) is 0 Å². The molecule has 1 fully saturated rings. The van der Waals surface area contributed by atoms with Gasteiger partial charge in [0.15, 0.2) is 0 Å². The molecule has 0 aromatic heterocycles. The monoisotopic (exact) mass is 247 g/mol. The van der Waals surface area contributed by atoms with Crippen LogP contribution in [0.15, 0.2) is 24.3 Å². The highest BCUT2D eigenvalue weighted by Gasteiger charge is 2.34. The van der Waals surface area contributed by atoms with E-state index in [9.17, 15) is 5.11 Å². The molecule has 100 valence electrons. The van der Waals surface area contributed by atoms with E-state index in [4.69, 9.17) is 0 Å². The Morgan fingerprint density at radius 2 is 1.83 bits per heavy atom. The Hall–Kier alpha value is -0.860. The summed E-state index contributed by atoms with van der Waals surface area (Å²) in [4.78, 5) is 0. The van der Waals surface area contributed by atoms with Crippen LogP contribution in [0.1, 0.15) is 50.2 Å². The zero-order valence-electron chi connectivity index (χ0n) is 11.6. The third-order valence-corrected chi connectivity index (χ3v) is 4.25. The molecule has 0 unspecified atom stereocenters. The Kier molecular flexibility index (Phi) is 4.41. The van der Waals surface area contributed by atoms with Gasteiger partial charge in [-0.25, -0.2) is 0 Å². The SMILES string of the molecule is CCCc1ccc(C2(O)CCC(NC)CC2)cc1. The Morgan fingerprint density at radius 3 is 2.33 bits per heavy atom. The summed E-state index contributed by atoms with van der Waals surface area (Å²) in [6, 6.07) is 9.14. The van der Waals surface area contributed by atoms with Crippen LogP contribution >= 0.6 is 0 Å². The molecule has 1 aliphatic carbocycles. The maximum atomic E-state index is 10.7. The van der Waals surface area contributed by atoms with Gasteiger partial charge in [0.2, 0.25) is 0 Å². The lowest BCUT2D eigenvalue weighted by Crippen LogP contribution is -2.38. The number of benzene rings is 1. The van der Waals surface area contributed by atoms with Crippen LogP contribution in [0, 0.1) is 0 Å². The van der Waals surface area contributed by atoms with Crippen molar-refractivity contribution in [2.75, 3.05) is 7.05 Å². The van der Waals surface area contributed by atoms with E-state index in [0.29, 0.717) is 6.04 Å². The minimum Gasteiger partial charge on any atom is -0.385 e. The summed E-state index contributed by atoms with van der Waals surface area (Å²) in [6.07, 6.45) is 6.15. The van der Waals surface area contributed by atoms with Crippen molar-refractivity contribution >= 4 is 0 Å². The lowest BCUT2D eigenvalue weighted by molar-refractivity contribution is -0.00763. The smallest absolute Gasteiger partial charge is 0.0897 e. The van der Waals surface area contributed by atoms with E-state index in [2.05, 4.69) is 36.5 Å². The van der Waals surface area contributed by atoms with Crippen LogP contribution in [0.5, 0.6) is 0 Å². The molecule has 1 aliphatic rings. The molecular formula is C16H25NO. The third kappa shape index (κ3) is 2.93. The lowest BCUT2D eigenvalue weighted by atomic mass is 9.77. The second kappa shape index (κ2) is 5.85. The number of aryl methyl sites for hydroxylation is 1. The molecule has 1 aromatic carbocycles. The van der Waals surface area contributed by atoms with Crippen molar-refractivity contribution in [3.63, 3.8) is 0 Å². The zero-order valence-corrected chi connectivity index (χ0v) is 11.6. The van der Waals surface area contributed by atoms with Crippen LogP contribution < -0.4 is 5.32 Å². The van der Waals surface area contributed by atoms with Gasteiger partial charge in [0, 0.05) is 6.04 Å². The first-order chi connectivity index (χ1) is 8.68. The molecule has 0 heterocycles. The minimum absolute atomic E-state index is 0.574. The standard InChI is InChI=1S/C16H25NO/c1-3-4-13-5-7-14(8-6-13)16(18)11-9-15(17-2)10-12-16/h5-8,15,17-18H,3-4,9-12H2,1-2H3. The van der Waals surface area contributed by atoms with Gasteiger partial charge in [0.1, 0.15) is 0 Å². The summed E-state index contributed by atoms with van der Waals surface area (Å²) >= 11 is 0. The molecule has 0 spiro atoms. The molecule has 0 bridgehead atoms. The topological polar surface area (TPSA) is 32.3 Å². The highest BCUT2D eigenvalue weighted by atomic mass is 16.3. The molecule has 0 radical (unpaired) electrons. The van der Waals surface area contributed by atoms with Crippen molar-refractivity contribution in [2.24, 2.45) is 0 Å². The first-order valence-corrected chi connectivity index (χ1v) is 7.17. The Balaban J connectivity index is 2.06. The van der Waals surface area contributed by atoms with Gasteiger partial charge in [0.05, 0.1) is 5.60 Å². The average Bonchev–Trinajstić information content (AvgIpc) is 2.41. The van der Waals surface area contributed by atoms with Crippen LogP contribution in [-0.4, -0.2) is 18.2 Å². The molecule has 0 atom stereocenters. The normalized spacial score (nSPS) is 28.3. The van der Waals surface area contributed by atoms with Crippen LogP contribution in [0.2, 0.25) is 0 Å². The van der Waals surface area contributed by atoms with Gasteiger partial charge in [-0.05, 0) is 50.3 Å². The highest BCUT2D eigenvalue weighted by molar-refractivity contribution is 5.28. The van der Waals surface area contributed by atoms with Crippen molar-refractivity contribution in [1.82, 2.24) is 5.32 Å². The molecule has 2 N–H and O–H groups in total. The van der Waals surface area contributed by atoms with Crippen molar-refractivity contribution < 1.29 is 5.11 Å². The molecule has 0 amide bonds. The summed E-state index contributed by atoms with van der Waals surface area (Å²) in [5.74, 6) is 0. The molecule has 1 saturated carbocycles. The third-order valence-electron chi connectivity index (χ3n) is 4.25. The van der Waals surface area contributed by atoms with Gasteiger partial charge in [-0.3, -0.25) is 0 Å². The van der Waals surface area contributed by atoms with Gasteiger partial charge in [-0.2, -0.15) is 0 Å². The fraction of sp³-hybridized carbons (Fsp3) is 0.625. The second-order valence-corrected chi connectivity index (χ2v) is 5.54.